The van der Waals surface area contributed by atoms with Gasteiger partial charge in [-0.3, -0.25) is 4.79 Å². The number of amidine groups is 1. The van der Waals surface area contributed by atoms with Crippen molar-refractivity contribution in [2.24, 2.45) is 10.7 Å². The molecule has 3 N–H and O–H groups in total. The molecular weight excluding hydrogens is 222 g/mol. The molecule has 0 aromatic heterocycles. The SMILES string of the molecule is NCCC1SC(NC2CCCCC2)=NC1=O. The quantitative estimate of drug-likeness (QED) is 0.780. The first-order valence-electron chi connectivity index (χ1n) is 6.05. The molecule has 0 aromatic rings. The van der Waals surface area contributed by atoms with E-state index in [0.717, 1.165) is 11.6 Å². The molecule has 5 heteroatoms. The highest BCUT2D eigenvalue weighted by atomic mass is 32.2. The van der Waals surface area contributed by atoms with Gasteiger partial charge in [0.15, 0.2) is 5.17 Å². The first-order chi connectivity index (χ1) is 7.79. The van der Waals surface area contributed by atoms with E-state index in [2.05, 4.69) is 10.3 Å². The number of nitrogens with zero attached hydrogens (tertiary/aromatic N) is 1. The van der Waals surface area contributed by atoms with E-state index in [1.54, 1.807) is 11.8 Å². The van der Waals surface area contributed by atoms with E-state index in [0.29, 0.717) is 12.6 Å². The zero-order chi connectivity index (χ0) is 11.4. The minimum absolute atomic E-state index is 0.0197. The fraction of sp³-hybridized carbons (Fsp3) is 0.818. The van der Waals surface area contributed by atoms with Gasteiger partial charge in [0.2, 0.25) is 0 Å². The lowest BCUT2D eigenvalue weighted by molar-refractivity contribution is -0.117. The van der Waals surface area contributed by atoms with E-state index in [4.69, 9.17) is 5.73 Å². The Morgan fingerprint density at radius 3 is 2.81 bits per heavy atom. The van der Waals surface area contributed by atoms with Crippen LogP contribution in [0.15, 0.2) is 4.99 Å². The average molecular weight is 241 g/mol. The van der Waals surface area contributed by atoms with Crippen LogP contribution >= 0.6 is 11.8 Å². The van der Waals surface area contributed by atoms with Crippen LogP contribution < -0.4 is 11.1 Å². The molecule has 1 fully saturated rings. The van der Waals surface area contributed by atoms with Gasteiger partial charge in [-0.1, -0.05) is 31.0 Å². The lowest BCUT2D eigenvalue weighted by atomic mass is 9.96. The maximum absolute atomic E-state index is 11.5. The summed E-state index contributed by atoms with van der Waals surface area (Å²) in [6.45, 7) is 0.551. The second kappa shape index (κ2) is 5.68. The summed E-state index contributed by atoms with van der Waals surface area (Å²) in [5.41, 5.74) is 5.46. The molecule has 2 aliphatic rings. The van der Waals surface area contributed by atoms with E-state index in [1.165, 1.54) is 32.1 Å². The Hall–Kier alpha value is -0.550. The molecule has 0 aromatic carbocycles. The van der Waals surface area contributed by atoms with Crippen molar-refractivity contribution in [1.82, 2.24) is 5.32 Å². The van der Waals surface area contributed by atoms with Gasteiger partial charge in [0.05, 0.1) is 5.25 Å². The first-order valence-corrected chi connectivity index (χ1v) is 6.93. The van der Waals surface area contributed by atoms with Crippen molar-refractivity contribution in [2.75, 3.05) is 6.54 Å². The van der Waals surface area contributed by atoms with Crippen LogP contribution in [0.5, 0.6) is 0 Å². The number of hydrogen-bond donors (Lipinski definition) is 2. The minimum Gasteiger partial charge on any atom is -0.362 e. The number of carbonyl (C=O) groups excluding carboxylic acids is 1. The van der Waals surface area contributed by atoms with Crippen LogP contribution in [0.4, 0.5) is 0 Å². The lowest BCUT2D eigenvalue weighted by Gasteiger charge is -2.23. The zero-order valence-corrected chi connectivity index (χ0v) is 10.3. The molecule has 1 aliphatic heterocycles. The first kappa shape index (κ1) is 11.9. The molecule has 1 aliphatic carbocycles. The second-order valence-electron chi connectivity index (χ2n) is 4.42. The summed E-state index contributed by atoms with van der Waals surface area (Å²) in [7, 11) is 0. The average Bonchev–Trinajstić information content (AvgIpc) is 2.61. The van der Waals surface area contributed by atoms with Crippen LogP contribution in [0, 0.1) is 0 Å². The number of nitrogens with two attached hydrogens (primary N) is 1. The summed E-state index contributed by atoms with van der Waals surface area (Å²) in [6.07, 6.45) is 7.05. The van der Waals surface area contributed by atoms with Gasteiger partial charge in [-0.05, 0) is 25.8 Å². The molecule has 1 amide bonds. The molecule has 2 rings (SSSR count). The van der Waals surface area contributed by atoms with Crippen LogP contribution in [-0.2, 0) is 4.79 Å². The van der Waals surface area contributed by atoms with Gasteiger partial charge in [0.25, 0.3) is 5.91 Å². The maximum Gasteiger partial charge on any atom is 0.261 e. The topological polar surface area (TPSA) is 67.5 Å². The number of aliphatic imine (C=N–C) groups is 1. The summed E-state index contributed by atoms with van der Waals surface area (Å²) in [6, 6.07) is 0.518. The van der Waals surface area contributed by atoms with Crippen molar-refractivity contribution in [2.45, 2.75) is 49.8 Å². The molecule has 1 atom stereocenters. The summed E-state index contributed by atoms with van der Waals surface area (Å²) < 4.78 is 0. The minimum atomic E-state index is -0.0453. The van der Waals surface area contributed by atoms with Crippen LogP contribution in [0.3, 0.4) is 0 Å². The molecule has 1 heterocycles. The van der Waals surface area contributed by atoms with Gasteiger partial charge in [-0.15, -0.1) is 0 Å². The molecule has 0 radical (unpaired) electrons. The fourth-order valence-corrected chi connectivity index (χ4v) is 3.26. The van der Waals surface area contributed by atoms with Crippen LogP contribution in [0.25, 0.3) is 0 Å². The highest BCUT2D eigenvalue weighted by molar-refractivity contribution is 8.15. The molecule has 0 bridgehead atoms. The summed E-state index contributed by atoms with van der Waals surface area (Å²) >= 11 is 1.55. The predicted octanol–water partition coefficient (Wildman–Crippen LogP) is 1.26. The standard InChI is InChI=1S/C11H19N3OS/c12-7-6-9-10(15)14-11(16-9)13-8-4-2-1-3-5-8/h8-9H,1-7,12H2,(H,13,14,15). The third-order valence-electron chi connectivity index (χ3n) is 3.10. The van der Waals surface area contributed by atoms with E-state index >= 15 is 0 Å². The van der Waals surface area contributed by atoms with Gasteiger partial charge in [-0.2, -0.15) is 4.99 Å². The number of carbonyl (C=O) groups is 1. The van der Waals surface area contributed by atoms with E-state index in [9.17, 15) is 4.79 Å². The van der Waals surface area contributed by atoms with E-state index < -0.39 is 0 Å². The fourth-order valence-electron chi connectivity index (χ4n) is 2.21. The second-order valence-corrected chi connectivity index (χ2v) is 5.61. The maximum atomic E-state index is 11.5. The molecule has 90 valence electrons. The zero-order valence-electron chi connectivity index (χ0n) is 9.45. The molecule has 1 unspecified atom stereocenters. The van der Waals surface area contributed by atoms with Gasteiger partial charge >= 0.3 is 0 Å². The normalized spacial score (nSPS) is 26.9. The molecule has 0 saturated heterocycles. The van der Waals surface area contributed by atoms with Crippen LogP contribution in [0.1, 0.15) is 38.5 Å². The van der Waals surface area contributed by atoms with Crippen LogP contribution in [-0.4, -0.2) is 28.9 Å². The molecule has 1 saturated carbocycles. The van der Waals surface area contributed by atoms with Gasteiger partial charge in [0.1, 0.15) is 0 Å². The Morgan fingerprint density at radius 1 is 1.38 bits per heavy atom. The number of amides is 1. The van der Waals surface area contributed by atoms with Crippen molar-refractivity contribution in [3.8, 4) is 0 Å². The number of nitrogens with one attached hydrogen (secondary N) is 1. The van der Waals surface area contributed by atoms with Crippen molar-refractivity contribution >= 4 is 22.8 Å². The Balaban J connectivity index is 1.82. The van der Waals surface area contributed by atoms with Crippen molar-refractivity contribution in [3.63, 3.8) is 0 Å². The lowest BCUT2D eigenvalue weighted by Crippen LogP contribution is -2.34. The summed E-state index contributed by atoms with van der Waals surface area (Å²) in [5, 5.41) is 4.16. The van der Waals surface area contributed by atoms with E-state index in [1.807, 2.05) is 0 Å². The summed E-state index contributed by atoms with van der Waals surface area (Å²) in [5.74, 6) is -0.0197. The van der Waals surface area contributed by atoms with Crippen LogP contribution in [0.2, 0.25) is 0 Å². The highest BCUT2D eigenvalue weighted by Gasteiger charge is 2.28. The van der Waals surface area contributed by atoms with Gasteiger partial charge in [-0.25, -0.2) is 0 Å². The van der Waals surface area contributed by atoms with Gasteiger partial charge < -0.3 is 11.1 Å². The van der Waals surface area contributed by atoms with Gasteiger partial charge in [0, 0.05) is 6.04 Å². The molecule has 16 heavy (non-hydrogen) atoms. The number of thioether (sulfide) groups is 1. The molecule has 4 nitrogen and oxygen atoms in total. The summed E-state index contributed by atoms with van der Waals surface area (Å²) in [4.78, 5) is 15.6. The Kier molecular flexibility index (Phi) is 4.23. The van der Waals surface area contributed by atoms with Crippen molar-refractivity contribution < 1.29 is 4.79 Å². The largest absolute Gasteiger partial charge is 0.362 e. The van der Waals surface area contributed by atoms with E-state index in [-0.39, 0.29) is 11.2 Å². The van der Waals surface area contributed by atoms with Crippen molar-refractivity contribution in [1.29, 1.82) is 0 Å². The molecule has 0 spiro atoms. The number of rotatable bonds is 3. The Labute approximate surface area is 100 Å². The Bertz CT molecular complexity index is 287. The smallest absolute Gasteiger partial charge is 0.261 e. The van der Waals surface area contributed by atoms with Crippen molar-refractivity contribution in [3.05, 3.63) is 0 Å². The monoisotopic (exact) mass is 241 g/mol. The number of hydrogen-bond acceptors (Lipinski definition) is 4. The Morgan fingerprint density at radius 2 is 2.12 bits per heavy atom. The molecular formula is C11H19N3OS. The highest BCUT2D eigenvalue weighted by Crippen LogP contribution is 2.25. The third-order valence-corrected chi connectivity index (χ3v) is 4.26. The third kappa shape index (κ3) is 2.98. The predicted molar refractivity (Wildman–Crippen MR) is 67.5 cm³/mol.